The third-order valence-electron chi connectivity index (χ3n) is 4.68. The molecule has 158 valence electrons. The van der Waals surface area contributed by atoms with Gasteiger partial charge in [0.05, 0.1) is 12.8 Å². The van der Waals surface area contributed by atoms with Crippen molar-refractivity contribution in [2.75, 3.05) is 12.8 Å². The lowest BCUT2D eigenvalue weighted by molar-refractivity contribution is 0.306. The molecule has 0 bridgehead atoms. The maximum atomic E-state index is 6.03. The number of nitrogens with two attached hydrogens (primary N) is 1. The predicted molar refractivity (Wildman–Crippen MR) is 124 cm³/mol. The van der Waals surface area contributed by atoms with Gasteiger partial charge in [-0.2, -0.15) is 0 Å². The van der Waals surface area contributed by atoms with Crippen LogP contribution in [0.2, 0.25) is 5.28 Å². The molecule has 0 fully saturated rings. The standard InChI is InChI=1S/C23H21ClN4O2S/c1-29-18-8-5-15(6-9-18)14-30-19-4-2-3-16(13-19)21-20(31-23(25)28-21)10-7-17-11-12-26-22(24)27-17/h2-6,8-9,11-13H,7,10,14H2,1H3,(H2,25,28). The summed E-state index contributed by atoms with van der Waals surface area (Å²) in [5.41, 5.74) is 9.81. The number of rotatable bonds is 8. The molecule has 0 aliphatic rings. The summed E-state index contributed by atoms with van der Waals surface area (Å²) in [4.78, 5) is 13.8. The van der Waals surface area contributed by atoms with Crippen molar-refractivity contribution in [1.82, 2.24) is 15.0 Å². The monoisotopic (exact) mass is 452 g/mol. The van der Waals surface area contributed by atoms with Crippen LogP contribution >= 0.6 is 22.9 Å². The van der Waals surface area contributed by atoms with E-state index >= 15 is 0 Å². The van der Waals surface area contributed by atoms with E-state index in [0.717, 1.165) is 51.7 Å². The van der Waals surface area contributed by atoms with Gasteiger partial charge < -0.3 is 15.2 Å². The highest BCUT2D eigenvalue weighted by Gasteiger charge is 2.13. The molecule has 0 saturated carbocycles. The zero-order valence-corrected chi connectivity index (χ0v) is 18.5. The Morgan fingerprint density at radius 2 is 1.84 bits per heavy atom. The number of methoxy groups -OCH3 is 1. The molecule has 2 aromatic carbocycles. The first kappa shape index (κ1) is 21.1. The van der Waals surface area contributed by atoms with Gasteiger partial charge in [0.2, 0.25) is 5.28 Å². The highest BCUT2D eigenvalue weighted by Crippen LogP contribution is 2.32. The fourth-order valence-electron chi connectivity index (χ4n) is 3.14. The van der Waals surface area contributed by atoms with E-state index in [2.05, 4.69) is 15.0 Å². The van der Waals surface area contributed by atoms with E-state index in [-0.39, 0.29) is 5.28 Å². The number of benzene rings is 2. The number of nitrogens with zero attached hydrogens (tertiary/aromatic N) is 3. The van der Waals surface area contributed by atoms with Crippen molar-refractivity contribution >= 4 is 28.1 Å². The number of ether oxygens (including phenoxy) is 2. The molecular formula is C23H21ClN4O2S. The number of anilines is 1. The molecule has 8 heteroatoms. The van der Waals surface area contributed by atoms with Gasteiger partial charge in [0.1, 0.15) is 18.1 Å². The fourth-order valence-corrected chi connectivity index (χ4v) is 4.16. The Morgan fingerprint density at radius 1 is 1.00 bits per heavy atom. The number of nitrogen functional groups attached to an aromatic ring is 1. The first-order chi connectivity index (χ1) is 15.1. The van der Waals surface area contributed by atoms with Crippen LogP contribution in [0.25, 0.3) is 11.3 Å². The van der Waals surface area contributed by atoms with Crippen LogP contribution in [-0.4, -0.2) is 22.1 Å². The summed E-state index contributed by atoms with van der Waals surface area (Å²) in [7, 11) is 1.65. The SMILES string of the molecule is COc1ccc(COc2cccc(-c3nc(N)sc3CCc3ccnc(Cl)n3)c2)cc1. The molecule has 0 aliphatic carbocycles. The first-order valence-electron chi connectivity index (χ1n) is 9.69. The molecular weight excluding hydrogens is 432 g/mol. The minimum atomic E-state index is 0.253. The van der Waals surface area contributed by atoms with E-state index in [0.29, 0.717) is 11.7 Å². The minimum absolute atomic E-state index is 0.253. The van der Waals surface area contributed by atoms with Crippen LogP contribution in [0.15, 0.2) is 60.8 Å². The molecule has 0 radical (unpaired) electrons. The van der Waals surface area contributed by atoms with Gasteiger partial charge in [0, 0.05) is 22.3 Å². The quantitative estimate of drug-likeness (QED) is 0.369. The largest absolute Gasteiger partial charge is 0.497 e. The van der Waals surface area contributed by atoms with Crippen LogP contribution in [0.5, 0.6) is 11.5 Å². The normalized spacial score (nSPS) is 10.8. The van der Waals surface area contributed by atoms with Crippen LogP contribution in [0.4, 0.5) is 5.13 Å². The topological polar surface area (TPSA) is 83.2 Å². The average molecular weight is 453 g/mol. The van der Waals surface area contributed by atoms with Gasteiger partial charge in [0.15, 0.2) is 5.13 Å². The summed E-state index contributed by atoms with van der Waals surface area (Å²) in [6.07, 6.45) is 3.15. The van der Waals surface area contributed by atoms with Gasteiger partial charge >= 0.3 is 0 Å². The molecule has 0 spiro atoms. The Kier molecular flexibility index (Phi) is 6.64. The fraction of sp³-hybridized carbons (Fsp3) is 0.174. The Balaban J connectivity index is 1.48. The van der Waals surface area contributed by atoms with Crippen molar-refractivity contribution in [3.8, 4) is 22.8 Å². The smallest absolute Gasteiger partial charge is 0.222 e. The van der Waals surface area contributed by atoms with E-state index in [1.807, 2.05) is 54.6 Å². The zero-order valence-electron chi connectivity index (χ0n) is 16.9. The molecule has 0 amide bonds. The summed E-state index contributed by atoms with van der Waals surface area (Å²) in [6, 6.07) is 17.6. The van der Waals surface area contributed by atoms with Crippen molar-refractivity contribution in [3.63, 3.8) is 0 Å². The van der Waals surface area contributed by atoms with Gasteiger partial charge in [-0.05, 0) is 60.3 Å². The van der Waals surface area contributed by atoms with Crippen molar-refractivity contribution in [1.29, 1.82) is 0 Å². The molecule has 31 heavy (non-hydrogen) atoms. The Labute approximate surface area is 189 Å². The molecule has 0 atom stereocenters. The van der Waals surface area contributed by atoms with Crippen molar-refractivity contribution in [2.24, 2.45) is 0 Å². The van der Waals surface area contributed by atoms with Gasteiger partial charge in [-0.3, -0.25) is 0 Å². The van der Waals surface area contributed by atoms with Gasteiger partial charge in [-0.1, -0.05) is 24.3 Å². The second-order valence-electron chi connectivity index (χ2n) is 6.81. The lowest BCUT2D eigenvalue weighted by Crippen LogP contribution is -1.97. The van der Waals surface area contributed by atoms with Crippen molar-refractivity contribution in [3.05, 3.63) is 82.2 Å². The molecule has 4 rings (SSSR count). The molecule has 0 saturated heterocycles. The first-order valence-corrected chi connectivity index (χ1v) is 10.9. The van der Waals surface area contributed by atoms with E-state index in [9.17, 15) is 0 Å². The summed E-state index contributed by atoms with van der Waals surface area (Å²) >= 11 is 7.38. The lowest BCUT2D eigenvalue weighted by atomic mass is 10.1. The maximum absolute atomic E-state index is 6.03. The Bertz CT molecular complexity index is 1160. The maximum Gasteiger partial charge on any atom is 0.222 e. The van der Waals surface area contributed by atoms with E-state index in [1.165, 1.54) is 11.3 Å². The highest BCUT2D eigenvalue weighted by atomic mass is 35.5. The number of halogens is 1. The van der Waals surface area contributed by atoms with Crippen LogP contribution in [0.1, 0.15) is 16.1 Å². The van der Waals surface area contributed by atoms with Gasteiger partial charge in [0.25, 0.3) is 0 Å². The molecule has 0 aliphatic heterocycles. The number of aryl methyl sites for hydroxylation is 2. The summed E-state index contributed by atoms with van der Waals surface area (Å²) in [6.45, 7) is 0.466. The van der Waals surface area contributed by atoms with Gasteiger partial charge in [-0.25, -0.2) is 15.0 Å². The minimum Gasteiger partial charge on any atom is -0.497 e. The van der Waals surface area contributed by atoms with Crippen molar-refractivity contribution < 1.29 is 9.47 Å². The molecule has 2 aromatic heterocycles. The second-order valence-corrected chi connectivity index (χ2v) is 8.26. The average Bonchev–Trinajstić information content (AvgIpc) is 3.17. The van der Waals surface area contributed by atoms with Crippen LogP contribution in [-0.2, 0) is 19.4 Å². The van der Waals surface area contributed by atoms with Crippen LogP contribution in [0.3, 0.4) is 0 Å². The second kappa shape index (κ2) is 9.76. The number of aromatic nitrogens is 3. The van der Waals surface area contributed by atoms with Crippen LogP contribution in [0, 0.1) is 0 Å². The van der Waals surface area contributed by atoms with E-state index in [4.69, 9.17) is 26.8 Å². The van der Waals surface area contributed by atoms with Crippen molar-refractivity contribution in [2.45, 2.75) is 19.4 Å². The Hall–Kier alpha value is -3.16. The predicted octanol–water partition coefficient (Wildman–Crippen LogP) is 5.21. The zero-order chi connectivity index (χ0) is 21.6. The molecule has 6 nitrogen and oxygen atoms in total. The summed E-state index contributed by atoms with van der Waals surface area (Å²) in [5.74, 6) is 1.59. The lowest BCUT2D eigenvalue weighted by Gasteiger charge is -2.09. The van der Waals surface area contributed by atoms with E-state index < -0.39 is 0 Å². The number of thiazole rings is 1. The highest BCUT2D eigenvalue weighted by molar-refractivity contribution is 7.15. The third kappa shape index (κ3) is 5.51. The molecule has 2 N–H and O–H groups in total. The Morgan fingerprint density at radius 3 is 2.61 bits per heavy atom. The van der Waals surface area contributed by atoms with E-state index in [1.54, 1.807) is 13.3 Å². The molecule has 0 unspecified atom stereocenters. The summed E-state index contributed by atoms with van der Waals surface area (Å²) < 4.78 is 11.2. The molecule has 4 aromatic rings. The number of hydrogen-bond donors (Lipinski definition) is 1. The third-order valence-corrected chi connectivity index (χ3v) is 5.80. The molecule has 2 heterocycles. The van der Waals surface area contributed by atoms with Crippen LogP contribution < -0.4 is 15.2 Å². The number of hydrogen-bond acceptors (Lipinski definition) is 7. The summed E-state index contributed by atoms with van der Waals surface area (Å²) in [5, 5.41) is 0.790. The van der Waals surface area contributed by atoms with Gasteiger partial charge in [-0.15, -0.1) is 11.3 Å².